The van der Waals surface area contributed by atoms with Gasteiger partial charge in [-0.05, 0) is 17.7 Å². The van der Waals surface area contributed by atoms with Crippen LogP contribution in [0.3, 0.4) is 0 Å². The molecule has 176 valence electrons. The number of methoxy groups -OCH3 is 2. The highest BCUT2D eigenvalue weighted by molar-refractivity contribution is 7.89. The fourth-order valence-electron chi connectivity index (χ4n) is 2.76. The van der Waals surface area contributed by atoms with Crippen LogP contribution >= 0.6 is 0 Å². The maximum Gasteiger partial charge on any atom is 0.490 e. The van der Waals surface area contributed by atoms with Gasteiger partial charge in [-0.1, -0.05) is 12.1 Å². The summed E-state index contributed by atoms with van der Waals surface area (Å²) in [5, 5.41) is 10.3. The monoisotopic (exact) mass is 477 g/mol. The van der Waals surface area contributed by atoms with Crippen LogP contribution in [0, 0.1) is 0 Å². The Morgan fingerprint density at radius 1 is 1.12 bits per heavy atom. The number of pyridine rings is 1. The maximum absolute atomic E-state index is 12.7. The molecule has 1 aromatic carbocycles. The molecule has 9 nitrogen and oxygen atoms in total. The van der Waals surface area contributed by atoms with Crippen molar-refractivity contribution in [1.82, 2.24) is 14.6 Å². The molecule has 2 aromatic rings. The second kappa shape index (κ2) is 10.6. The first kappa shape index (κ1) is 25.4. The molecule has 1 aliphatic rings. The van der Waals surface area contributed by atoms with Crippen molar-refractivity contribution in [3.05, 3.63) is 36.5 Å². The molecule has 3 rings (SSSR count). The average Bonchev–Trinajstić information content (AvgIpc) is 2.79. The zero-order valence-corrected chi connectivity index (χ0v) is 18.0. The normalized spacial score (nSPS) is 14.8. The minimum Gasteiger partial charge on any atom is -0.494 e. The Morgan fingerprint density at radius 2 is 1.69 bits per heavy atom. The van der Waals surface area contributed by atoms with E-state index in [2.05, 4.69) is 10.3 Å². The van der Waals surface area contributed by atoms with E-state index in [9.17, 15) is 21.6 Å². The van der Waals surface area contributed by atoms with E-state index >= 15 is 0 Å². The molecular formula is C19H22F3N3O6S. The number of benzene rings is 1. The zero-order valence-electron chi connectivity index (χ0n) is 17.2. The fraction of sp³-hybridized carbons (Fsp3) is 0.368. The van der Waals surface area contributed by atoms with Gasteiger partial charge >= 0.3 is 12.1 Å². The van der Waals surface area contributed by atoms with Crippen LogP contribution in [0.2, 0.25) is 0 Å². The summed E-state index contributed by atoms with van der Waals surface area (Å²) in [4.78, 5) is 13.3. The SMILES string of the molecule is COc1cc(-c2ccc(S(=O)(=O)N3CCNCC3)cc2)c(OC)cn1.O=C(O)C(F)(F)F. The predicted octanol–water partition coefficient (Wildman–Crippen LogP) is 1.99. The van der Waals surface area contributed by atoms with E-state index in [0.717, 1.165) is 11.1 Å². The minimum atomic E-state index is -5.08. The van der Waals surface area contributed by atoms with Crippen molar-refractivity contribution in [2.45, 2.75) is 11.1 Å². The van der Waals surface area contributed by atoms with Gasteiger partial charge in [0.25, 0.3) is 0 Å². The lowest BCUT2D eigenvalue weighted by atomic mass is 10.1. The molecule has 0 radical (unpaired) electrons. The third-order valence-electron chi connectivity index (χ3n) is 4.39. The summed E-state index contributed by atoms with van der Waals surface area (Å²) >= 11 is 0. The number of ether oxygens (including phenoxy) is 2. The predicted molar refractivity (Wildman–Crippen MR) is 108 cm³/mol. The molecule has 32 heavy (non-hydrogen) atoms. The van der Waals surface area contributed by atoms with Crippen molar-refractivity contribution in [2.24, 2.45) is 0 Å². The Bertz CT molecular complexity index is 1020. The number of hydrogen-bond donors (Lipinski definition) is 2. The number of nitrogens with zero attached hydrogens (tertiary/aromatic N) is 2. The molecule has 0 saturated carbocycles. The van der Waals surface area contributed by atoms with Crippen LogP contribution in [0.15, 0.2) is 41.4 Å². The van der Waals surface area contributed by atoms with Gasteiger partial charge in [-0.25, -0.2) is 18.2 Å². The average molecular weight is 477 g/mol. The molecule has 0 bridgehead atoms. The van der Waals surface area contributed by atoms with Gasteiger partial charge in [0, 0.05) is 37.8 Å². The molecule has 1 saturated heterocycles. The number of aliphatic carboxylic acids is 1. The van der Waals surface area contributed by atoms with Crippen molar-refractivity contribution in [3.8, 4) is 22.8 Å². The van der Waals surface area contributed by atoms with Crippen LogP contribution in [0.4, 0.5) is 13.2 Å². The number of carboxylic acids is 1. The summed E-state index contributed by atoms with van der Waals surface area (Å²) in [5.74, 6) is -1.70. The smallest absolute Gasteiger partial charge is 0.490 e. The van der Waals surface area contributed by atoms with Crippen molar-refractivity contribution < 1.29 is 41.0 Å². The number of carbonyl (C=O) groups is 1. The van der Waals surface area contributed by atoms with Gasteiger partial charge in [-0.3, -0.25) is 0 Å². The van der Waals surface area contributed by atoms with Crippen LogP contribution in [0.1, 0.15) is 0 Å². The van der Waals surface area contributed by atoms with Crippen molar-refractivity contribution in [1.29, 1.82) is 0 Å². The molecule has 0 atom stereocenters. The summed E-state index contributed by atoms with van der Waals surface area (Å²) in [6.07, 6.45) is -3.50. The third-order valence-corrected chi connectivity index (χ3v) is 6.31. The molecular weight excluding hydrogens is 455 g/mol. The number of alkyl halides is 3. The standard InChI is InChI=1S/C17H21N3O4S.C2HF3O2/c1-23-16-12-19-17(24-2)11-15(16)13-3-5-14(6-4-13)25(21,22)20-9-7-18-8-10-20;3-2(4,5)1(6)7/h3-6,11-12,18H,7-10H2,1-2H3;(H,6,7). The summed E-state index contributed by atoms with van der Waals surface area (Å²) in [6.45, 7) is 2.32. The lowest BCUT2D eigenvalue weighted by Gasteiger charge is -2.26. The van der Waals surface area contributed by atoms with Crippen LogP contribution in [0.5, 0.6) is 11.6 Å². The zero-order chi connectivity index (χ0) is 23.9. The number of carboxylic acid groups (broad SMARTS) is 1. The highest BCUT2D eigenvalue weighted by Gasteiger charge is 2.38. The molecule has 2 heterocycles. The summed E-state index contributed by atoms with van der Waals surface area (Å²) in [5.41, 5.74) is 1.62. The highest BCUT2D eigenvalue weighted by Crippen LogP contribution is 2.32. The van der Waals surface area contributed by atoms with Gasteiger partial charge in [0.2, 0.25) is 15.9 Å². The van der Waals surface area contributed by atoms with Gasteiger partial charge in [0.05, 0.1) is 25.3 Å². The number of piperazine rings is 1. The Balaban J connectivity index is 0.000000451. The Kier molecular flexibility index (Phi) is 8.41. The summed E-state index contributed by atoms with van der Waals surface area (Å²) in [6, 6.07) is 8.55. The van der Waals surface area contributed by atoms with Crippen LogP contribution in [-0.4, -0.2) is 75.4 Å². The van der Waals surface area contributed by atoms with Gasteiger partial charge in [0.15, 0.2) is 0 Å². The first-order valence-electron chi connectivity index (χ1n) is 9.20. The topological polar surface area (TPSA) is 118 Å². The lowest BCUT2D eigenvalue weighted by Crippen LogP contribution is -2.46. The molecule has 1 fully saturated rings. The van der Waals surface area contributed by atoms with E-state index in [4.69, 9.17) is 19.4 Å². The van der Waals surface area contributed by atoms with E-state index in [0.29, 0.717) is 37.8 Å². The summed E-state index contributed by atoms with van der Waals surface area (Å²) < 4.78 is 69.1. The van der Waals surface area contributed by atoms with E-state index in [-0.39, 0.29) is 4.90 Å². The number of rotatable bonds is 5. The quantitative estimate of drug-likeness (QED) is 0.672. The van der Waals surface area contributed by atoms with Crippen LogP contribution in [-0.2, 0) is 14.8 Å². The largest absolute Gasteiger partial charge is 0.494 e. The van der Waals surface area contributed by atoms with E-state index < -0.39 is 22.2 Å². The van der Waals surface area contributed by atoms with Crippen molar-refractivity contribution in [2.75, 3.05) is 40.4 Å². The molecule has 0 amide bonds. The Hall–Kier alpha value is -2.90. The number of halogens is 3. The Labute approximate surface area is 182 Å². The number of nitrogens with one attached hydrogen (secondary N) is 1. The van der Waals surface area contributed by atoms with Crippen molar-refractivity contribution >= 4 is 16.0 Å². The molecule has 0 spiro atoms. The first-order valence-corrected chi connectivity index (χ1v) is 10.6. The number of aromatic nitrogens is 1. The van der Waals surface area contributed by atoms with Crippen LogP contribution in [0.25, 0.3) is 11.1 Å². The molecule has 1 aliphatic heterocycles. The fourth-order valence-corrected chi connectivity index (χ4v) is 4.21. The Morgan fingerprint density at radius 3 is 2.16 bits per heavy atom. The highest BCUT2D eigenvalue weighted by atomic mass is 32.2. The number of hydrogen-bond acceptors (Lipinski definition) is 7. The lowest BCUT2D eigenvalue weighted by molar-refractivity contribution is -0.192. The van der Waals surface area contributed by atoms with Crippen molar-refractivity contribution in [3.63, 3.8) is 0 Å². The van der Waals surface area contributed by atoms with E-state index in [1.54, 1.807) is 50.7 Å². The van der Waals surface area contributed by atoms with Crippen LogP contribution < -0.4 is 14.8 Å². The molecule has 0 unspecified atom stereocenters. The van der Waals surface area contributed by atoms with Gasteiger partial charge < -0.3 is 19.9 Å². The van der Waals surface area contributed by atoms with Gasteiger partial charge in [-0.15, -0.1) is 0 Å². The first-order chi connectivity index (χ1) is 15.0. The maximum atomic E-state index is 12.7. The second-order valence-corrected chi connectivity index (χ2v) is 8.35. The van der Waals surface area contributed by atoms with Gasteiger partial charge in [-0.2, -0.15) is 17.5 Å². The second-order valence-electron chi connectivity index (χ2n) is 6.41. The number of sulfonamides is 1. The van der Waals surface area contributed by atoms with E-state index in [1.165, 1.54) is 4.31 Å². The molecule has 0 aliphatic carbocycles. The van der Waals surface area contributed by atoms with E-state index in [1.807, 2.05) is 0 Å². The minimum absolute atomic E-state index is 0.290. The van der Waals surface area contributed by atoms with Gasteiger partial charge in [0.1, 0.15) is 5.75 Å². The molecule has 1 aromatic heterocycles. The molecule has 13 heteroatoms. The molecule has 2 N–H and O–H groups in total. The summed E-state index contributed by atoms with van der Waals surface area (Å²) in [7, 11) is -0.355. The third kappa shape index (κ3) is 6.31.